The molecule has 0 spiro atoms. The van der Waals surface area contributed by atoms with Crippen LogP contribution in [0.15, 0.2) is 59.5 Å². The van der Waals surface area contributed by atoms with Crippen molar-refractivity contribution in [2.24, 2.45) is 0 Å². The number of benzene rings is 2. The van der Waals surface area contributed by atoms with Gasteiger partial charge in [0, 0.05) is 30.6 Å². The number of thioether (sulfide) groups is 1. The van der Waals surface area contributed by atoms with Crippen molar-refractivity contribution in [1.29, 1.82) is 0 Å². The van der Waals surface area contributed by atoms with E-state index in [-0.39, 0.29) is 11.9 Å². The molecule has 2 aliphatic rings. The van der Waals surface area contributed by atoms with Crippen molar-refractivity contribution in [3.8, 4) is 0 Å². The van der Waals surface area contributed by atoms with Crippen LogP contribution in [0, 0.1) is 0 Å². The van der Waals surface area contributed by atoms with Crippen LogP contribution in [0.3, 0.4) is 0 Å². The van der Waals surface area contributed by atoms with Gasteiger partial charge in [0.2, 0.25) is 0 Å². The second-order valence-corrected chi connectivity index (χ2v) is 7.70. The van der Waals surface area contributed by atoms with Gasteiger partial charge in [0.05, 0.1) is 11.6 Å². The van der Waals surface area contributed by atoms with Crippen LogP contribution in [-0.4, -0.2) is 47.6 Å². The molecule has 4 heteroatoms. The molecule has 130 valence electrons. The molecular weight excluding hydrogens is 328 g/mol. The lowest BCUT2D eigenvalue weighted by Crippen LogP contribution is -2.51. The van der Waals surface area contributed by atoms with Crippen molar-refractivity contribution in [2.45, 2.75) is 29.8 Å². The van der Waals surface area contributed by atoms with Crippen LogP contribution in [0.25, 0.3) is 0 Å². The maximum Gasteiger partial charge on any atom is 0.255 e. The third-order valence-electron chi connectivity index (χ3n) is 5.26. The molecule has 0 radical (unpaired) electrons. The number of rotatable bonds is 4. The summed E-state index contributed by atoms with van der Waals surface area (Å²) in [7, 11) is 0. The van der Waals surface area contributed by atoms with Crippen molar-refractivity contribution >= 4 is 17.7 Å². The molecule has 1 amide bonds. The van der Waals surface area contributed by atoms with Gasteiger partial charge in [-0.2, -0.15) is 0 Å². The first-order chi connectivity index (χ1) is 12.3. The van der Waals surface area contributed by atoms with Crippen molar-refractivity contribution in [3.63, 3.8) is 0 Å². The first-order valence-electron chi connectivity index (χ1n) is 9.01. The smallest absolute Gasteiger partial charge is 0.255 e. The zero-order valence-corrected chi connectivity index (χ0v) is 15.4. The molecule has 1 saturated heterocycles. The lowest BCUT2D eigenvalue weighted by Gasteiger charge is -2.42. The van der Waals surface area contributed by atoms with Crippen LogP contribution in [0.1, 0.15) is 34.8 Å². The molecule has 2 fully saturated rings. The van der Waals surface area contributed by atoms with Crippen molar-refractivity contribution in [3.05, 3.63) is 65.7 Å². The normalized spacial score (nSPS) is 21.3. The molecule has 3 nitrogen and oxygen atoms in total. The number of carbonyl (C=O) groups is 1. The fourth-order valence-corrected chi connectivity index (χ4v) is 4.34. The fourth-order valence-electron chi connectivity index (χ4n) is 3.75. The average molecular weight is 353 g/mol. The molecule has 4 rings (SSSR count). The highest BCUT2D eigenvalue weighted by atomic mass is 32.2. The van der Waals surface area contributed by atoms with E-state index in [4.69, 9.17) is 0 Å². The molecule has 25 heavy (non-hydrogen) atoms. The monoisotopic (exact) mass is 352 g/mol. The Bertz CT molecular complexity index is 745. The second kappa shape index (κ2) is 7.22. The molecule has 0 bridgehead atoms. The summed E-state index contributed by atoms with van der Waals surface area (Å²) < 4.78 is 0. The minimum absolute atomic E-state index is 0.137. The van der Waals surface area contributed by atoms with Gasteiger partial charge in [-0.1, -0.05) is 42.5 Å². The van der Waals surface area contributed by atoms with Gasteiger partial charge in [0.25, 0.3) is 5.91 Å². The molecule has 1 unspecified atom stereocenters. The SMILES string of the molecule is CSc1ccccc1C(=O)N1CCN(C2CC2)CC1c1ccccc1. The summed E-state index contributed by atoms with van der Waals surface area (Å²) in [6, 6.07) is 19.3. The third-order valence-corrected chi connectivity index (χ3v) is 6.05. The van der Waals surface area contributed by atoms with Crippen LogP contribution >= 0.6 is 11.8 Å². The molecule has 1 atom stereocenters. The lowest BCUT2D eigenvalue weighted by atomic mass is 10.0. The molecule has 1 saturated carbocycles. The Kier molecular flexibility index (Phi) is 4.82. The Morgan fingerprint density at radius 2 is 1.72 bits per heavy atom. The Hall–Kier alpha value is -1.78. The zero-order valence-electron chi connectivity index (χ0n) is 14.6. The van der Waals surface area contributed by atoms with Crippen LogP contribution in [0.4, 0.5) is 0 Å². The summed E-state index contributed by atoms with van der Waals surface area (Å²) in [5, 5.41) is 0. The summed E-state index contributed by atoms with van der Waals surface area (Å²) in [4.78, 5) is 19.1. The molecule has 1 aliphatic carbocycles. The van der Waals surface area contributed by atoms with E-state index >= 15 is 0 Å². The molecule has 0 aromatic heterocycles. The topological polar surface area (TPSA) is 23.6 Å². The van der Waals surface area contributed by atoms with Gasteiger partial charge in [-0.15, -0.1) is 11.8 Å². The highest BCUT2D eigenvalue weighted by molar-refractivity contribution is 7.98. The van der Waals surface area contributed by atoms with Crippen LogP contribution in [0.2, 0.25) is 0 Å². The predicted octanol–water partition coefficient (Wildman–Crippen LogP) is 4.07. The minimum Gasteiger partial charge on any atom is -0.329 e. The Morgan fingerprint density at radius 3 is 2.44 bits per heavy atom. The summed E-state index contributed by atoms with van der Waals surface area (Å²) in [6.07, 6.45) is 4.65. The van der Waals surface area contributed by atoms with Crippen LogP contribution < -0.4 is 0 Å². The van der Waals surface area contributed by atoms with Gasteiger partial charge < -0.3 is 4.90 Å². The van der Waals surface area contributed by atoms with E-state index in [0.717, 1.165) is 36.1 Å². The number of amides is 1. The lowest BCUT2D eigenvalue weighted by molar-refractivity contribution is 0.0429. The quantitative estimate of drug-likeness (QED) is 0.775. The van der Waals surface area contributed by atoms with E-state index in [0.29, 0.717) is 0 Å². The van der Waals surface area contributed by atoms with Gasteiger partial charge in [-0.3, -0.25) is 9.69 Å². The summed E-state index contributed by atoms with van der Waals surface area (Å²) in [6.45, 7) is 2.74. The molecule has 0 N–H and O–H groups in total. The van der Waals surface area contributed by atoms with E-state index in [9.17, 15) is 4.79 Å². The fraction of sp³-hybridized carbons (Fsp3) is 0.381. The summed E-state index contributed by atoms with van der Waals surface area (Å²) in [5.74, 6) is 0.161. The molecule has 1 aliphatic heterocycles. The molecule has 2 aromatic carbocycles. The second-order valence-electron chi connectivity index (χ2n) is 6.85. The third kappa shape index (κ3) is 3.46. The van der Waals surface area contributed by atoms with Gasteiger partial charge >= 0.3 is 0 Å². The summed E-state index contributed by atoms with van der Waals surface area (Å²) in [5.41, 5.74) is 2.07. The van der Waals surface area contributed by atoms with E-state index in [1.807, 2.05) is 36.6 Å². The van der Waals surface area contributed by atoms with Crippen molar-refractivity contribution in [1.82, 2.24) is 9.80 Å². The largest absolute Gasteiger partial charge is 0.329 e. The van der Waals surface area contributed by atoms with E-state index in [1.165, 1.54) is 18.4 Å². The van der Waals surface area contributed by atoms with Gasteiger partial charge in [-0.05, 0) is 36.8 Å². The number of hydrogen-bond acceptors (Lipinski definition) is 3. The Morgan fingerprint density at radius 1 is 1.00 bits per heavy atom. The number of carbonyl (C=O) groups excluding carboxylic acids is 1. The number of hydrogen-bond donors (Lipinski definition) is 0. The molecular formula is C21H24N2OS. The maximum atomic E-state index is 13.3. The first-order valence-corrected chi connectivity index (χ1v) is 10.2. The van der Waals surface area contributed by atoms with Crippen LogP contribution in [0.5, 0.6) is 0 Å². The van der Waals surface area contributed by atoms with Gasteiger partial charge in [-0.25, -0.2) is 0 Å². The Balaban J connectivity index is 1.65. The summed E-state index contributed by atoms with van der Waals surface area (Å²) >= 11 is 1.64. The van der Waals surface area contributed by atoms with Crippen LogP contribution in [-0.2, 0) is 0 Å². The van der Waals surface area contributed by atoms with E-state index in [1.54, 1.807) is 11.8 Å². The predicted molar refractivity (Wildman–Crippen MR) is 103 cm³/mol. The molecule has 1 heterocycles. The molecule has 2 aromatic rings. The van der Waals surface area contributed by atoms with E-state index in [2.05, 4.69) is 34.1 Å². The number of nitrogens with zero attached hydrogens (tertiary/aromatic N) is 2. The highest BCUT2D eigenvalue weighted by Gasteiger charge is 2.38. The first kappa shape index (κ1) is 16.7. The van der Waals surface area contributed by atoms with Crippen molar-refractivity contribution < 1.29 is 4.79 Å². The minimum atomic E-state index is 0.137. The highest BCUT2D eigenvalue weighted by Crippen LogP contribution is 2.35. The average Bonchev–Trinajstić information content (AvgIpc) is 3.53. The Labute approximate surface area is 154 Å². The standard InChI is InChI=1S/C21H24N2OS/c1-25-20-10-6-5-9-18(20)21(24)23-14-13-22(17-11-12-17)15-19(23)16-7-3-2-4-8-16/h2-10,17,19H,11-15H2,1H3. The maximum absolute atomic E-state index is 13.3. The zero-order chi connectivity index (χ0) is 17.2. The van der Waals surface area contributed by atoms with E-state index < -0.39 is 0 Å². The van der Waals surface area contributed by atoms with Crippen molar-refractivity contribution in [2.75, 3.05) is 25.9 Å². The number of piperazine rings is 1. The van der Waals surface area contributed by atoms with Gasteiger partial charge in [0.15, 0.2) is 0 Å². The van der Waals surface area contributed by atoms with Gasteiger partial charge in [0.1, 0.15) is 0 Å².